The van der Waals surface area contributed by atoms with Crippen LogP contribution in [0.4, 0.5) is 0 Å². The Morgan fingerprint density at radius 2 is 1.07 bits per heavy atom. The number of fused-ring (bicyclic) bond motifs is 3. The van der Waals surface area contributed by atoms with Gasteiger partial charge >= 0.3 is 20.1 Å². The first-order chi connectivity index (χ1) is 21.4. The van der Waals surface area contributed by atoms with Crippen LogP contribution >= 0.6 is 0 Å². The minimum atomic E-state index is -0.626. The van der Waals surface area contributed by atoms with Crippen LogP contribution in [0.25, 0.3) is 33.6 Å². The van der Waals surface area contributed by atoms with Crippen molar-refractivity contribution in [3.05, 3.63) is 199 Å². The standard InChI is InChI=1S/C29H18N2.C11H8N.Ir/c1-2-11-21(12-3-1)26-17-10-19-28(31-26)29(27-18-8-9-20-30-27)24-15-6-4-13-22(24)23-14-5-7-16-25(23)29;1-2-6-10(7-3-1)11-8-4-5-9-12-11;/h1-11,13-15,17-20H;1-6,8-9H;/q-2;-1;+3/t29-;;/m0../s1. The van der Waals surface area contributed by atoms with Crippen LogP contribution in [0.2, 0.25) is 0 Å². The van der Waals surface area contributed by atoms with Gasteiger partial charge in [0.05, 0.1) is 11.1 Å². The average molecular weight is 741 g/mol. The van der Waals surface area contributed by atoms with E-state index in [9.17, 15) is 0 Å². The van der Waals surface area contributed by atoms with Crippen LogP contribution in [0, 0.1) is 18.2 Å². The molecule has 0 amide bonds. The van der Waals surface area contributed by atoms with Crippen molar-refractivity contribution in [2.75, 3.05) is 0 Å². The fraction of sp³-hybridized carbons (Fsp3) is 0.0250. The number of benzene rings is 4. The van der Waals surface area contributed by atoms with E-state index < -0.39 is 5.41 Å². The monoisotopic (exact) mass is 741 g/mol. The predicted octanol–water partition coefficient (Wildman–Crippen LogP) is 8.65. The van der Waals surface area contributed by atoms with Gasteiger partial charge in [-0.05, 0) is 41.2 Å². The number of pyridine rings is 3. The predicted molar refractivity (Wildman–Crippen MR) is 171 cm³/mol. The minimum absolute atomic E-state index is 0. The third-order valence-electron chi connectivity index (χ3n) is 7.67. The smallest absolute Gasteiger partial charge is 0.305 e. The van der Waals surface area contributed by atoms with Crippen molar-refractivity contribution in [1.82, 2.24) is 15.0 Å². The van der Waals surface area contributed by atoms with E-state index in [4.69, 9.17) is 9.97 Å². The van der Waals surface area contributed by atoms with Crippen LogP contribution in [0.1, 0.15) is 22.5 Å². The van der Waals surface area contributed by atoms with Gasteiger partial charge in [-0.25, -0.2) is 0 Å². The van der Waals surface area contributed by atoms with Gasteiger partial charge in [-0.1, -0.05) is 60.2 Å². The van der Waals surface area contributed by atoms with E-state index in [2.05, 4.69) is 71.7 Å². The first kappa shape index (κ1) is 29.1. The van der Waals surface area contributed by atoms with Crippen LogP contribution in [0.3, 0.4) is 0 Å². The Balaban J connectivity index is 0.000000222. The second-order valence-corrected chi connectivity index (χ2v) is 10.1. The maximum atomic E-state index is 5.18. The zero-order chi connectivity index (χ0) is 28.9. The molecule has 0 saturated heterocycles. The summed E-state index contributed by atoms with van der Waals surface area (Å²) in [5.74, 6) is 0. The maximum Gasteiger partial charge on any atom is 3.00 e. The van der Waals surface area contributed by atoms with Gasteiger partial charge in [0.25, 0.3) is 0 Å². The van der Waals surface area contributed by atoms with Crippen molar-refractivity contribution in [1.29, 1.82) is 0 Å². The molecule has 0 unspecified atom stereocenters. The molecule has 4 heteroatoms. The van der Waals surface area contributed by atoms with Gasteiger partial charge in [0, 0.05) is 18.1 Å². The summed E-state index contributed by atoms with van der Waals surface area (Å²) in [6.07, 6.45) is 3.64. The summed E-state index contributed by atoms with van der Waals surface area (Å²) < 4.78 is 0. The molecule has 1 aliphatic carbocycles. The van der Waals surface area contributed by atoms with Crippen LogP contribution in [0.5, 0.6) is 0 Å². The van der Waals surface area contributed by atoms with Gasteiger partial charge in [0.15, 0.2) is 0 Å². The van der Waals surface area contributed by atoms with E-state index in [1.807, 2.05) is 103 Å². The van der Waals surface area contributed by atoms with E-state index in [1.54, 1.807) is 6.20 Å². The summed E-state index contributed by atoms with van der Waals surface area (Å²) >= 11 is 0. The molecule has 210 valence electrons. The Hall–Kier alpha value is -5.02. The first-order valence-corrected chi connectivity index (χ1v) is 14.2. The van der Waals surface area contributed by atoms with Crippen molar-refractivity contribution < 1.29 is 20.1 Å². The molecule has 7 aromatic rings. The van der Waals surface area contributed by atoms with Crippen LogP contribution in [-0.2, 0) is 25.5 Å². The molecule has 3 heterocycles. The number of aromatic nitrogens is 3. The molecule has 0 aliphatic heterocycles. The normalized spacial score (nSPS) is 14.3. The van der Waals surface area contributed by atoms with Crippen molar-refractivity contribution in [2.24, 2.45) is 0 Å². The molecule has 0 spiro atoms. The van der Waals surface area contributed by atoms with Gasteiger partial charge in [0.2, 0.25) is 0 Å². The number of hydrogen-bond acceptors (Lipinski definition) is 3. The Labute approximate surface area is 271 Å². The summed E-state index contributed by atoms with van der Waals surface area (Å²) in [4.78, 5) is 14.2. The summed E-state index contributed by atoms with van der Waals surface area (Å²) in [7, 11) is 0. The number of rotatable bonds is 4. The molecule has 0 fully saturated rings. The summed E-state index contributed by atoms with van der Waals surface area (Å²) in [6.45, 7) is 0. The molecular formula is C40H26IrN3. The van der Waals surface area contributed by atoms with E-state index in [0.29, 0.717) is 0 Å². The Bertz CT molecular complexity index is 1880. The zero-order valence-corrected chi connectivity index (χ0v) is 26.1. The third-order valence-corrected chi connectivity index (χ3v) is 7.67. The van der Waals surface area contributed by atoms with E-state index in [-0.39, 0.29) is 20.1 Å². The molecule has 0 saturated carbocycles. The summed E-state index contributed by atoms with van der Waals surface area (Å²) in [6, 6.07) is 58.7. The molecular weight excluding hydrogens is 715 g/mol. The molecule has 0 radical (unpaired) electrons. The van der Waals surface area contributed by atoms with Crippen LogP contribution in [0.15, 0.2) is 158 Å². The van der Waals surface area contributed by atoms with E-state index in [1.165, 1.54) is 16.7 Å². The first-order valence-electron chi connectivity index (χ1n) is 14.2. The fourth-order valence-electron chi connectivity index (χ4n) is 5.82. The quantitative estimate of drug-likeness (QED) is 0.170. The fourth-order valence-corrected chi connectivity index (χ4v) is 5.82. The Morgan fingerprint density at radius 3 is 1.77 bits per heavy atom. The minimum Gasteiger partial charge on any atom is -0.305 e. The van der Waals surface area contributed by atoms with Gasteiger partial charge < -0.3 is 4.98 Å². The summed E-state index contributed by atoms with van der Waals surface area (Å²) in [5, 5.41) is 0. The van der Waals surface area contributed by atoms with Crippen molar-refractivity contribution >= 4 is 0 Å². The average Bonchev–Trinajstić information content (AvgIpc) is 3.41. The molecule has 0 bridgehead atoms. The van der Waals surface area contributed by atoms with E-state index >= 15 is 0 Å². The molecule has 8 rings (SSSR count). The second-order valence-electron chi connectivity index (χ2n) is 10.1. The Kier molecular flexibility index (Phi) is 8.65. The molecule has 3 aromatic heterocycles. The van der Waals surface area contributed by atoms with Crippen molar-refractivity contribution in [3.63, 3.8) is 0 Å². The van der Waals surface area contributed by atoms with Crippen molar-refractivity contribution in [3.8, 4) is 33.6 Å². The SMILES string of the molecule is [Ir+3].[c-]1ccccc1-c1cccc([C@]2(c3ccccn3)c3[c-]cccc3-c3ccccc32)n1.[c-]1ccccc1-c1ccccn1. The molecule has 0 N–H and O–H groups in total. The summed E-state index contributed by atoms with van der Waals surface area (Å²) in [5.41, 5.74) is 9.82. The van der Waals surface area contributed by atoms with Crippen LogP contribution < -0.4 is 0 Å². The molecule has 44 heavy (non-hydrogen) atoms. The molecule has 1 atom stereocenters. The molecule has 3 nitrogen and oxygen atoms in total. The van der Waals surface area contributed by atoms with Gasteiger partial charge in [-0.15, -0.1) is 82.9 Å². The Morgan fingerprint density at radius 1 is 0.455 bits per heavy atom. The van der Waals surface area contributed by atoms with E-state index in [0.717, 1.165) is 39.5 Å². The van der Waals surface area contributed by atoms with Crippen molar-refractivity contribution in [2.45, 2.75) is 5.41 Å². The number of hydrogen-bond donors (Lipinski definition) is 0. The van der Waals surface area contributed by atoms with Gasteiger partial charge in [0.1, 0.15) is 0 Å². The van der Waals surface area contributed by atoms with Crippen LogP contribution in [-0.4, -0.2) is 15.0 Å². The largest absolute Gasteiger partial charge is 3.00 e. The third kappa shape index (κ3) is 5.31. The second kappa shape index (κ2) is 13.1. The van der Waals surface area contributed by atoms with Gasteiger partial charge in [-0.2, -0.15) is 24.3 Å². The topological polar surface area (TPSA) is 38.7 Å². The zero-order valence-electron chi connectivity index (χ0n) is 23.7. The number of nitrogens with zero attached hydrogens (tertiary/aromatic N) is 3. The van der Waals surface area contributed by atoms with Gasteiger partial charge in [-0.3, -0.25) is 9.97 Å². The molecule has 4 aromatic carbocycles. The maximum absolute atomic E-state index is 5.18. The molecule has 1 aliphatic rings.